The molecule has 2 heterocycles. The number of fused-ring (bicyclic) bond motifs is 4. The number of benzene rings is 4. The molecular weight excluding hydrogens is 560 g/mol. The van der Waals surface area contributed by atoms with Gasteiger partial charge in [0.05, 0.1) is 35.6 Å². The van der Waals surface area contributed by atoms with Crippen LogP contribution in [0, 0.1) is 0 Å². The number of aliphatic carboxylic acids is 2. The van der Waals surface area contributed by atoms with Crippen LogP contribution >= 0.6 is 0 Å². The number of anilines is 4. The second-order valence-electron chi connectivity index (χ2n) is 9.54. The van der Waals surface area contributed by atoms with E-state index in [1.54, 1.807) is 9.80 Å². The van der Waals surface area contributed by atoms with Crippen molar-refractivity contribution >= 4 is 71.1 Å². The lowest BCUT2D eigenvalue weighted by Gasteiger charge is -2.22. The van der Waals surface area contributed by atoms with Crippen molar-refractivity contribution < 1.29 is 29.4 Å². The summed E-state index contributed by atoms with van der Waals surface area (Å²) in [6.07, 6.45) is 7.40. The first-order chi connectivity index (χ1) is 21.2. The number of nitrogens with two attached hydrogens (primary N) is 2. The van der Waals surface area contributed by atoms with E-state index in [1.165, 1.54) is 0 Å². The van der Waals surface area contributed by atoms with Crippen LogP contribution in [0.2, 0.25) is 0 Å². The molecule has 0 saturated carbocycles. The molecule has 0 fully saturated rings. The molecule has 4 amide bonds. The Balaban J connectivity index is 0.000000163. The summed E-state index contributed by atoms with van der Waals surface area (Å²) in [4.78, 5) is 45.9. The molecule has 0 saturated heterocycles. The Kier molecular flexibility index (Phi) is 9.90. The summed E-state index contributed by atoms with van der Waals surface area (Å²) in [5.41, 5.74) is 18.2. The number of carbonyl (C=O) groups excluding carboxylic acids is 2. The highest BCUT2D eigenvalue weighted by atomic mass is 16.4. The van der Waals surface area contributed by atoms with E-state index in [1.807, 2.05) is 121 Å². The van der Waals surface area contributed by atoms with Gasteiger partial charge in [0.15, 0.2) is 0 Å². The van der Waals surface area contributed by atoms with E-state index in [0.29, 0.717) is 0 Å². The number of rotatable bonds is 3. The standard InChI is InChI=1S/2C15H12N2O.C4H6O4/c2*16-15(18)17-13-7-3-1-5-11(13)9-10-12-6-2-4-8-14(12)17;5-3(6)1-2-4(7)8/h2*1-10H,(H2,16,18);1-2H2,(H,5,6)(H,7,8). The van der Waals surface area contributed by atoms with Gasteiger partial charge in [-0.25, -0.2) is 9.59 Å². The molecule has 4 aromatic carbocycles. The summed E-state index contributed by atoms with van der Waals surface area (Å²) >= 11 is 0. The van der Waals surface area contributed by atoms with Crippen molar-refractivity contribution in [2.24, 2.45) is 11.5 Å². The molecule has 222 valence electrons. The van der Waals surface area contributed by atoms with Gasteiger partial charge in [0.2, 0.25) is 0 Å². The maximum Gasteiger partial charge on any atom is 0.323 e. The minimum absolute atomic E-state index is 0.296. The van der Waals surface area contributed by atoms with Gasteiger partial charge >= 0.3 is 24.0 Å². The molecule has 6 rings (SSSR count). The van der Waals surface area contributed by atoms with E-state index in [9.17, 15) is 19.2 Å². The SMILES string of the molecule is NC(=O)N1c2ccccc2C=Cc2ccccc21.NC(=O)N1c2ccccc2C=Cc2ccccc21.O=C(O)CCC(=O)O. The van der Waals surface area contributed by atoms with E-state index < -0.39 is 24.0 Å². The summed E-state index contributed by atoms with van der Waals surface area (Å²) in [5.74, 6) is -2.15. The van der Waals surface area contributed by atoms with Crippen molar-refractivity contribution in [3.8, 4) is 0 Å². The van der Waals surface area contributed by atoms with E-state index in [0.717, 1.165) is 45.0 Å². The van der Waals surface area contributed by atoms with E-state index in [2.05, 4.69) is 0 Å². The van der Waals surface area contributed by atoms with Crippen LogP contribution in [-0.2, 0) is 9.59 Å². The van der Waals surface area contributed by atoms with Crippen LogP contribution in [0.15, 0.2) is 97.1 Å². The first-order valence-corrected chi connectivity index (χ1v) is 13.5. The Morgan fingerprint density at radius 3 is 0.886 bits per heavy atom. The fourth-order valence-corrected chi connectivity index (χ4v) is 4.64. The summed E-state index contributed by atoms with van der Waals surface area (Å²) in [5, 5.41) is 15.8. The predicted molar refractivity (Wildman–Crippen MR) is 172 cm³/mol. The number of amides is 4. The van der Waals surface area contributed by atoms with Crippen molar-refractivity contribution in [3.63, 3.8) is 0 Å². The maximum absolute atomic E-state index is 11.8. The molecule has 10 nitrogen and oxygen atoms in total. The Hall–Kier alpha value is -6.16. The molecule has 0 bridgehead atoms. The molecular formula is C34H30N4O6. The molecule has 0 atom stereocenters. The lowest BCUT2D eigenvalue weighted by molar-refractivity contribution is -0.143. The van der Waals surface area contributed by atoms with Gasteiger partial charge in [0.25, 0.3) is 0 Å². The second-order valence-corrected chi connectivity index (χ2v) is 9.54. The average Bonchev–Trinajstić information content (AvgIpc) is 3.29. The van der Waals surface area contributed by atoms with Crippen molar-refractivity contribution in [2.75, 3.05) is 9.80 Å². The largest absolute Gasteiger partial charge is 0.481 e. The molecule has 0 spiro atoms. The van der Waals surface area contributed by atoms with Gasteiger partial charge in [0.1, 0.15) is 0 Å². The number of urea groups is 2. The second kappa shape index (κ2) is 14.1. The molecule has 0 unspecified atom stereocenters. The third kappa shape index (κ3) is 7.37. The quantitative estimate of drug-likeness (QED) is 0.207. The van der Waals surface area contributed by atoms with Gasteiger partial charge in [0, 0.05) is 0 Å². The molecule has 44 heavy (non-hydrogen) atoms. The number of carboxylic acids is 2. The average molecular weight is 591 g/mol. The number of nitrogens with zero attached hydrogens (tertiary/aromatic N) is 2. The lowest BCUT2D eigenvalue weighted by Crippen LogP contribution is -2.32. The molecule has 0 aromatic heterocycles. The zero-order valence-corrected chi connectivity index (χ0v) is 23.5. The number of carbonyl (C=O) groups is 4. The molecule has 2 aliphatic rings. The molecule has 6 N–H and O–H groups in total. The fourth-order valence-electron chi connectivity index (χ4n) is 4.64. The van der Waals surface area contributed by atoms with Gasteiger partial charge in [-0.05, 0) is 46.5 Å². The number of para-hydroxylation sites is 4. The van der Waals surface area contributed by atoms with Crippen LogP contribution < -0.4 is 21.3 Å². The van der Waals surface area contributed by atoms with Crippen LogP contribution in [0.1, 0.15) is 35.1 Å². The van der Waals surface area contributed by atoms with Gasteiger partial charge in [-0.3, -0.25) is 19.4 Å². The number of hydrogen-bond donors (Lipinski definition) is 4. The van der Waals surface area contributed by atoms with Gasteiger partial charge < -0.3 is 21.7 Å². The van der Waals surface area contributed by atoms with Crippen LogP contribution in [0.4, 0.5) is 32.3 Å². The van der Waals surface area contributed by atoms with Gasteiger partial charge in [-0.1, -0.05) is 97.1 Å². The Labute approximate surface area is 253 Å². The maximum atomic E-state index is 11.8. The first-order valence-electron chi connectivity index (χ1n) is 13.5. The van der Waals surface area contributed by atoms with Gasteiger partial charge in [-0.15, -0.1) is 0 Å². The smallest absolute Gasteiger partial charge is 0.323 e. The normalized spacial score (nSPS) is 11.8. The fraction of sp³-hybridized carbons (Fsp3) is 0.0588. The van der Waals surface area contributed by atoms with Crippen molar-refractivity contribution in [1.29, 1.82) is 0 Å². The van der Waals surface area contributed by atoms with E-state index >= 15 is 0 Å². The minimum atomic E-state index is -1.08. The third-order valence-electron chi connectivity index (χ3n) is 6.59. The van der Waals surface area contributed by atoms with Crippen LogP contribution in [0.25, 0.3) is 24.3 Å². The summed E-state index contributed by atoms with van der Waals surface area (Å²) in [6.45, 7) is 0. The van der Waals surface area contributed by atoms with E-state index in [4.69, 9.17) is 21.7 Å². The molecule has 0 radical (unpaired) electrons. The predicted octanol–water partition coefficient (Wildman–Crippen LogP) is 6.71. The zero-order valence-electron chi connectivity index (χ0n) is 23.5. The topological polar surface area (TPSA) is 167 Å². The Morgan fingerprint density at radius 1 is 0.455 bits per heavy atom. The number of hydrogen-bond acceptors (Lipinski definition) is 4. The van der Waals surface area contributed by atoms with Crippen LogP contribution in [-0.4, -0.2) is 34.2 Å². The Morgan fingerprint density at radius 2 is 0.682 bits per heavy atom. The Bertz CT molecular complexity index is 1540. The van der Waals surface area contributed by atoms with Crippen LogP contribution in [0.5, 0.6) is 0 Å². The van der Waals surface area contributed by atoms with Gasteiger partial charge in [-0.2, -0.15) is 0 Å². The number of primary amides is 2. The summed E-state index contributed by atoms with van der Waals surface area (Å²) in [6, 6.07) is 29.9. The lowest BCUT2D eigenvalue weighted by atomic mass is 10.1. The van der Waals surface area contributed by atoms with Crippen LogP contribution in [0.3, 0.4) is 0 Å². The highest BCUT2D eigenvalue weighted by Gasteiger charge is 2.22. The monoisotopic (exact) mass is 590 g/mol. The highest BCUT2D eigenvalue weighted by Crippen LogP contribution is 2.37. The first kappa shape index (κ1) is 30.8. The zero-order chi connectivity index (χ0) is 31.6. The van der Waals surface area contributed by atoms with Crippen molar-refractivity contribution in [1.82, 2.24) is 0 Å². The minimum Gasteiger partial charge on any atom is -0.481 e. The van der Waals surface area contributed by atoms with E-state index in [-0.39, 0.29) is 12.8 Å². The molecule has 10 heteroatoms. The third-order valence-corrected chi connectivity index (χ3v) is 6.59. The highest BCUT2D eigenvalue weighted by molar-refractivity contribution is 6.05. The van der Waals surface area contributed by atoms with Crippen molar-refractivity contribution in [3.05, 3.63) is 119 Å². The summed E-state index contributed by atoms with van der Waals surface area (Å²) in [7, 11) is 0. The molecule has 2 aliphatic heterocycles. The molecule has 0 aliphatic carbocycles. The summed E-state index contributed by atoms with van der Waals surface area (Å²) < 4.78 is 0. The number of carboxylic acid groups (broad SMARTS) is 2. The molecule has 4 aromatic rings. The van der Waals surface area contributed by atoms with Crippen molar-refractivity contribution in [2.45, 2.75) is 12.8 Å².